The molecule has 0 saturated heterocycles. The molecular formula is C12H15N3S. The van der Waals surface area contributed by atoms with Crippen LogP contribution in [0.25, 0.3) is 0 Å². The Kier molecular flexibility index (Phi) is 2.76. The molecule has 2 heterocycles. The summed E-state index contributed by atoms with van der Waals surface area (Å²) in [5.74, 6) is 0. The largest absolute Gasteiger partial charge is 0.308 e. The summed E-state index contributed by atoms with van der Waals surface area (Å²) >= 11 is 1.78. The van der Waals surface area contributed by atoms with Crippen LogP contribution in [0.15, 0.2) is 29.8 Å². The molecule has 1 aliphatic carbocycles. The van der Waals surface area contributed by atoms with E-state index >= 15 is 0 Å². The fourth-order valence-corrected chi connectivity index (χ4v) is 2.38. The minimum atomic E-state index is 0.752. The molecule has 1 saturated carbocycles. The lowest BCUT2D eigenvalue weighted by atomic mass is 10.4. The van der Waals surface area contributed by atoms with Crippen molar-refractivity contribution in [1.82, 2.24) is 15.1 Å². The molecule has 1 N–H and O–H groups in total. The van der Waals surface area contributed by atoms with Crippen molar-refractivity contribution >= 4 is 11.3 Å². The lowest BCUT2D eigenvalue weighted by Gasteiger charge is -1.99. The Morgan fingerprint density at radius 2 is 2.38 bits per heavy atom. The number of nitrogens with one attached hydrogen (secondary N) is 1. The second-order valence-electron chi connectivity index (χ2n) is 4.24. The summed E-state index contributed by atoms with van der Waals surface area (Å²) in [6.45, 7) is 1.79. The number of nitrogens with zero attached hydrogens (tertiary/aromatic N) is 2. The Morgan fingerprint density at radius 3 is 3.12 bits per heavy atom. The second-order valence-corrected chi connectivity index (χ2v) is 5.27. The standard InChI is InChI=1S/C12H15N3S/c1-2-12(16-7-1)9-15-6-5-11(14-15)8-13-10-3-4-10/h1-2,5-7,10,13H,3-4,8-9H2. The van der Waals surface area contributed by atoms with E-state index in [9.17, 15) is 0 Å². The molecule has 1 aliphatic rings. The van der Waals surface area contributed by atoms with Crippen molar-refractivity contribution in [3.8, 4) is 0 Å². The molecule has 0 radical (unpaired) electrons. The Balaban J connectivity index is 1.58. The number of aromatic nitrogens is 2. The summed E-state index contributed by atoms with van der Waals surface area (Å²) in [5, 5.41) is 10.1. The van der Waals surface area contributed by atoms with Crippen LogP contribution in [0, 0.1) is 0 Å². The van der Waals surface area contributed by atoms with Gasteiger partial charge in [0.25, 0.3) is 0 Å². The quantitative estimate of drug-likeness (QED) is 0.858. The molecule has 2 aromatic heterocycles. The van der Waals surface area contributed by atoms with E-state index in [1.807, 2.05) is 4.68 Å². The first-order valence-corrected chi connectivity index (χ1v) is 6.56. The molecule has 3 rings (SSSR count). The van der Waals surface area contributed by atoms with E-state index in [4.69, 9.17) is 0 Å². The molecule has 0 atom stereocenters. The van der Waals surface area contributed by atoms with Crippen molar-refractivity contribution < 1.29 is 0 Å². The molecule has 4 heteroatoms. The zero-order chi connectivity index (χ0) is 10.8. The van der Waals surface area contributed by atoms with Crippen LogP contribution in [-0.2, 0) is 13.1 Å². The Bertz CT molecular complexity index is 443. The van der Waals surface area contributed by atoms with E-state index in [1.54, 1.807) is 11.3 Å². The topological polar surface area (TPSA) is 29.9 Å². The van der Waals surface area contributed by atoms with Crippen LogP contribution >= 0.6 is 11.3 Å². The SMILES string of the molecule is c1csc(Cn2ccc(CNC3CC3)n2)c1. The van der Waals surface area contributed by atoms with Gasteiger partial charge in [0.15, 0.2) is 0 Å². The molecule has 0 bridgehead atoms. The van der Waals surface area contributed by atoms with Crippen molar-refractivity contribution in [2.45, 2.75) is 32.0 Å². The van der Waals surface area contributed by atoms with Crippen molar-refractivity contribution in [3.05, 3.63) is 40.3 Å². The summed E-state index contributed by atoms with van der Waals surface area (Å²) < 4.78 is 2.01. The lowest BCUT2D eigenvalue weighted by Crippen LogP contribution is -2.15. The van der Waals surface area contributed by atoms with E-state index in [0.29, 0.717) is 0 Å². The van der Waals surface area contributed by atoms with Crippen LogP contribution in [0.3, 0.4) is 0 Å². The maximum atomic E-state index is 4.55. The lowest BCUT2D eigenvalue weighted by molar-refractivity contribution is 0.634. The third-order valence-corrected chi connectivity index (χ3v) is 3.60. The normalized spacial score (nSPS) is 15.5. The van der Waals surface area contributed by atoms with E-state index in [-0.39, 0.29) is 0 Å². The summed E-state index contributed by atoms with van der Waals surface area (Å²) in [6, 6.07) is 7.08. The van der Waals surface area contributed by atoms with Gasteiger partial charge in [-0.3, -0.25) is 4.68 Å². The van der Waals surface area contributed by atoms with Gasteiger partial charge < -0.3 is 5.32 Å². The monoisotopic (exact) mass is 233 g/mol. The second kappa shape index (κ2) is 4.39. The Morgan fingerprint density at radius 1 is 1.44 bits per heavy atom. The molecule has 0 aromatic carbocycles. The highest BCUT2D eigenvalue weighted by Gasteiger charge is 2.20. The first-order chi connectivity index (χ1) is 7.90. The van der Waals surface area contributed by atoms with Gasteiger partial charge in [0.1, 0.15) is 0 Å². The fourth-order valence-electron chi connectivity index (χ4n) is 1.68. The minimum Gasteiger partial charge on any atom is -0.308 e. The van der Waals surface area contributed by atoms with Gasteiger partial charge >= 0.3 is 0 Å². The highest BCUT2D eigenvalue weighted by atomic mass is 32.1. The van der Waals surface area contributed by atoms with E-state index in [0.717, 1.165) is 24.8 Å². The fraction of sp³-hybridized carbons (Fsp3) is 0.417. The predicted octanol–water partition coefficient (Wildman–Crippen LogP) is 2.24. The molecular weight excluding hydrogens is 218 g/mol. The molecule has 3 nitrogen and oxygen atoms in total. The van der Waals surface area contributed by atoms with Crippen LogP contribution in [0.4, 0.5) is 0 Å². The molecule has 1 fully saturated rings. The zero-order valence-electron chi connectivity index (χ0n) is 9.10. The van der Waals surface area contributed by atoms with Gasteiger partial charge in [-0.25, -0.2) is 0 Å². The van der Waals surface area contributed by atoms with Crippen LogP contribution in [-0.4, -0.2) is 15.8 Å². The van der Waals surface area contributed by atoms with Gasteiger partial charge in [0.05, 0.1) is 12.2 Å². The smallest absolute Gasteiger partial charge is 0.0762 e. The first-order valence-electron chi connectivity index (χ1n) is 5.68. The van der Waals surface area contributed by atoms with Gasteiger partial charge in [-0.05, 0) is 30.4 Å². The highest BCUT2D eigenvalue weighted by molar-refractivity contribution is 7.09. The maximum absolute atomic E-state index is 4.55. The molecule has 0 aliphatic heterocycles. The Labute approximate surface area is 99.1 Å². The van der Waals surface area contributed by atoms with Crippen LogP contribution < -0.4 is 5.32 Å². The predicted molar refractivity (Wildman–Crippen MR) is 65.5 cm³/mol. The van der Waals surface area contributed by atoms with Crippen LogP contribution in [0.5, 0.6) is 0 Å². The summed E-state index contributed by atoms with van der Waals surface area (Å²) in [7, 11) is 0. The third kappa shape index (κ3) is 2.51. The van der Waals surface area contributed by atoms with E-state index in [2.05, 4.69) is 40.2 Å². The van der Waals surface area contributed by atoms with Crippen molar-refractivity contribution in [1.29, 1.82) is 0 Å². The number of rotatable bonds is 5. The van der Waals surface area contributed by atoms with E-state index < -0.39 is 0 Å². The van der Waals surface area contributed by atoms with Gasteiger partial charge in [0.2, 0.25) is 0 Å². The van der Waals surface area contributed by atoms with Crippen molar-refractivity contribution in [3.63, 3.8) is 0 Å². The summed E-state index contributed by atoms with van der Waals surface area (Å²) in [6.07, 6.45) is 4.72. The molecule has 0 spiro atoms. The summed E-state index contributed by atoms with van der Waals surface area (Å²) in [4.78, 5) is 1.35. The number of hydrogen-bond donors (Lipinski definition) is 1. The molecule has 0 unspecified atom stereocenters. The van der Waals surface area contributed by atoms with Crippen LogP contribution in [0.2, 0.25) is 0 Å². The molecule has 16 heavy (non-hydrogen) atoms. The van der Waals surface area contributed by atoms with Gasteiger partial charge in [-0.2, -0.15) is 5.10 Å². The van der Waals surface area contributed by atoms with Crippen molar-refractivity contribution in [2.24, 2.45) is 0 Å². The van der Waals surface area contributed by atoms with E-state index in [1.165, 1.54) is 17.7 Å². The average Bonchev–Trinajstić information content (AvgIpc) is 2.78. The van der Waals surface area contributed by atoms with Crippen molar-refractivity contribution in [2.75, 3.05) is 0 Å². The number of thiophene rings is 1. The molecule has 84 valence electrons. The van der Waals surface area contributed by atoms with Gasteiger partial charge in [-0.1, -0.05) is 6.07 Å². The third-order valence-electron chi connectivity index (χ3n) is 2.74. The molecule has 2 aromatic rings. The zero-order valence-corrected chi connectivity index (χ0v) is 9.91. The minimum absolute atomic E-state index is 0.752. The molecule has 0 amide bonds. The van der Waals surface area contributed by atoms with Gasteiger partial charge in [0, 0.05) is 23.7 Å². The first kappa shape index (κ1) is 10.1. The van der Waals surface area contributed by atoms with Gasteiger partial charge in [-0.15, -0.1) is 11.3 Å². The average molecular weight is 233 g/mol. The van der Waals surface area contributed by atoms with Crippen LogP contribution in [0.1, 0.15) is 23.4 Å². The number of hydrogen-bond acceptors (Lipinski definition) is 3. The Hall–Kier alpha value is -1.13. The highest BCUT2D eigenvalue weighted by Crippen LogP contribution is 2.19. The maximum Gasteiger partial charge on any atom is 0.0762 e. The summed E-state index contributed by atoms with van der Waals surface area (Å²) in [5.41, 5.74) is 1.14.